The Morgan fingerprint density at radius 1 is 0.466 bits per heavy atom. The zero-order valence-electron chi connectivity index (χ0n) is 47.3. The summed E-state index contributed by atoms with van der Waals surface area (Å²) in [6, 6.07) is -0.875. The lowest BCUT2D eigenvalue weighted by atomic mass is 10.0. The van der Waals surface area contributed by atoms with Crippen LogP contribution in [0.1, 0.15) is 213 Å². The lowest BCUT2D eigenvalue weighted by Crippen LogP contribution is -2.45. The fourth-order valence-corrected chi connectivity index (χ4v) is 8.36. The van der Waals surface area contributed by atoms with Crippen LogP contribution in [0.15, 0.2) is 134 Å². The molecule has 0 aromatic carbocycles. The fourth-order valence-electron chi connectivity index (χ4n) is 7.63. The summed E-state index contributed by atoms with van der Waals surface area (Å²) in [7, 11) is 1.53. The molecule has 0 fully saturated rings. The van der Waals surface area contributed by atoms with Crippen LogP contribution in [0.5, 0.6) is 0 Å². The number of amides is 1. The van der Waals surface area contributed by atoms with Gasteiger partial charge in [0.15, 0.2) is 0 Å². The number of likely N-dealkylation sites (N-methyl/N-ethyl adjacent to an activating group) is 1. The predicted octanol–water partition coefficient (Wildman–Crippen LogP) is 17.9. The van der Waals surface area contributed by atoms with E-state index in [1.807, 2.05) is 27.2 Å². The van der Waals surface area contributed by atoms with Crippen molar-refractivity contribution >= 4 is 13.7 Å². The Morgan fingerprint density at radius 2 is 0.795 bits per heavy atom. The first-order valence-corrected chi connectivity index (χ1v) is 30.6. The van der Waals surface area contributed by atoms with E-state index < -0.39 is 20.0 Å². The van der Waals surface area contributed by atoms with E-state index in [0.29, 0.717) is 17.4 Å². The molecular weight excluding hydrogens is 924 g/mol. The number of allylic oxidation sites excluding steroid dienone is 21. The Labute approximate surface area is 449 Å². The Morgan fingerprint density at radius 3 is 1.21 bits per heavy atom. The van der Waals surface area contributed by atoms with Crippen molar-refractivity contribution in [3.8, 4) is 0 Å². The number of nitrogens with one attached hydrogen (secondary N) is 1. The molecular formula is C64H110N2O6P+. The highest BCUT2D eigenvalue weighted by Gasteiger charge is 2.27. The number of carbonyl (C=O) groups is 1. The quantitative estimate of drug-likeness (QED) is 0.0243. The fraction of sp³-hybridized carbons (Fsp3) is 0.641. The summed E-state index contributed by atoms with van der Waals surface area (Å²) in [6.07, 6.45) is 81.6. The maximum absolute atomic E-state index is 12.9. The van der Waals surface area contributed by atoms with E-state index in [4.69, 9.17) is 9.05 Å². The summed E-state index contributed by atoms with van der Waals surface area (Å²) in [5.74, 6) is -0.198. The first-order valence-electron chi connectivity index (χ1n) is 29.1. The molecule has 0 aromatic heterocycles. The summed E-state index contributed by atoms with van der Waals surface area (Å²) in [5, 5.41) is 13.8. The van der Waals surface area contributed by atoms with Crippen LogP contribution in [0.2, 0.25) is 0 Å². The highest BCUT2D eigenvalue weighted by molar-refractivity contribution is 7.47. The minimum atomic E-state index is -4.36. The van der Waals surface area contributed by atoms with Crippen molar-refractivity contribution in [2.24, 2.45) is 0 Å². The van der Waals surface area contributed by atoms with E-state index in [0.717, 1.165) is 103 Å². The molecule has 416 valence electrons. The summed E-state index contributed by atoms with van der Waals surface area (Å²) >= 11 is 0. The smallest absolute Gasteiger partial charge is 0.387 e. The largest absolute Gasteiger partial charge is 0.472 e. The van der Waals surface area contributed by atoms with E-state index >= 15 is 0 Å². The third-order valence-electron chi connectivity index (χ3n) is 12.1. The maximum atomic E-state index is 12.9. The van der Waals surface area contributed by atoms with E-state index in [9.17, 15) is 19.4 Å². The van der Waals surface area contributed by atoms with Gasteiger partial charge in [0.05, 0.1) is 39.9 Å². The molecule has 1 amide bonds. The van der Waals surface area contributed by atoms with Crippen LogP contribution in [-0.2, 0) is 18.4 Å². The molecule has 3 N–H and O–H groups in total. The molecule has 3 atom stereocenters. The molecule has 0 aliphatic rings. The van der Waals surface area contributed by atoms with Crippen LogP contribution >= 0.6 is 7.82 Å². The molecule has 0 aliphatic carbocycles. The number of phosphoric acid groups is 1. The van der Waals surface area contributed by atoms with Gasteiger partial charge in [0.25, 0.3) is 0 Å². The second-order valence-corrected chi connectivity index (χ2v) is 21.7. The SMILES string of the molecule is CC/C=C\C/C=C\C/C=C\C/C=C\C/C=C\C/C=C\C/C=C\C/C=C\CCCCCCCCCCCCCCCCCCC(=O)NC(COP(=O)(O)OCC[N+](C)(C)C)C(O)/C=C/CC/C=C/CC/C=C/CC. The Kier molecular flexibility index (Phi) is 51.0. The van der Waals surface area contributed by atoms with Gasteiger partial charge in [-0.1, -0.05) is 237 Å². The number of rotatable bonds is 51. The molecule has 0 saturated heterocycles. The van der Waals surface area contributed by atoms with Gasteiger partial charge in [-0.2, -0.15) is 0 Å². The summed E-state index contributed by atoms with van der Waals surface area (Å²) in [6.45, 7) is 4.53. The van der Waals surface area contributed by atoms with E-state index in [1.54, 1.807) is 6.08 Å². The molecule has 0 spiro atoms. The minimum Gasteiger partial charge on any atom is -0.387 e. The summed E-state index contributed by atoms with van der Waals surface area (Å²) in [4.78, 5) is 23.2. The Hall–Kier alpha value is -3.36. The molecule has 0 aliphatic heterocycles. The van der Waals surface area contributed by atoms with Gasteiger partial charge < -0.3 is 19.8 Å². The third-order valence-corrected chi connectivity index (χ3v) is 13.1. The zero-order chi connectivity index (χ0) is 53.5. The molecule has 0 bridgehead atoms. The monoisotopic (exact) mass is 1030 g/mol. The van der Waals surface area contributed by atoms with Crippen molar-refractivity contribution in [2.45, 2.75) is 225 Å². The van der Waals surface area contributed by atoms with Gasteiger partial charge in [-0.25, -0.2) is 4.57 Å². The standard InChI is InChI=1S/C64H109N2O6P/c1-6-8-10-12-14-16-18-19-20-21-22-23-24-25-26-27-28-29-30-31-32-33-34-35-36-37-38-39-40-41-42-43-44-45-46-47-48-50-52-54-56-58-64(68)65-62(61-72-73(69,70)71-60-59-66(3,4)5)63(67)57-55-53-51-49-17-15-13-11-9-7-2/h8-11,14,16-17,19-20,22-23,25-26,28-29,31-32,34-35,49,55,57,62-63,67H,6-7,12-13,15,18,21,24,27,30,33,36-48,50-54,56,58-61H2,1-5H3,(H-,65,68,69,70)/p+1/b10-8-,11-9+,16-14-,20-19-,23-22-,26-25-,29-28-,32-31-,35-34-,49-17+,57-55+. The highest BCUT2D eigenvalue weighted by atomic mass is 31.2. The lowest BCUT2D eigenvalue weighted by Gasteiger charge is -2.25. The number of hydrogen-bond donors (Lipinski definition) is 3. The van der Waals surface area contributed by atoms with Crippen LogP contribution in [-0.4, -0.2) is 73.4 Å². The Balaban J connectivity index is 3.95. The molecule has 8 nitrogen and oxygen atoms in total. The normalized spacial score (nSPS) is 14.9. The van der Waals surface area contributed by atoms with Crippen LogP contribution in [0.3, 0.4) is 0 Å². The average molecular weight is 1030 g/mol. The van der Waals surface area contributed by atoms with Gasteiger partial charge in [-0.15, -0.1) is 0 Å². The number of phosphoric ester groups is 1. The van der Waals surface area contributed by atoms with Gasteiger partial charge in [0, 0.05) is 6.42 Å². The van der Waals surface area contributed by atoms with Crippen molar-refractivity contribution in [3.05, 3.63) is 134 Å². The minimum absolute atomic E-state index is 0.0484. The van der Waals surface area contributed by atoms with Crippen molar-refractivity contribution in [1.29, 1.82) is 0 Å². The van der Waals surface area contributed by atoms with Gasteiger partial charge >= 0.3 is 7.82 Å². The van der Waals surface area contributed by atoms with E-state index in [2.05, 4.69) is 141 Å². The number of nitrogens with zero attached hydrogens (tertiary/aromatic N) is 1. The predicted molar refractivity (Wildman–Crippen MR) is 318 cm³/mol. The third kappa shape index (κ3) is 56.2. The maximum Gasteiger partial charge on any atom is 0.472 e. The van der Waals surface area contributed by atoms with Gasteiger partial charge in [0.2, 0.25) is 5.91 Å². The molecule has 0 heterocycles. The molecule has 9 heteroatoms. The second kappa shape index (κ2) is 53.5. The molecule has 0 aromatic rings. The first kappa shape index (κ1) is 69.6. The Bertz CT molecular complexity index is 1640. The van der Waals surface area contributed by atoms with Gasteiger partial charge in [-0.05, 0) is 103 Å². The molecule has 73 heavy (non-hydrogen) atoms. The van der Waals surface area contributed by atoms with Gasteiger partial charge in [-0.3, -0.25) is 13.8 Å². The van der Waals surface area contributed by atoms with Crippen LogP contribution < -0.4 is 5.32 Å². The number of carbonyl (C=O) groups excluding carboxylic acids is 1. The van der Waals surface area contributed by atoms with Crippen molar-refractivity contribution in [1.82, 2.24) is 5.32 Å². The van der Waals surface area contributed by atoms with E-state index in [1.165, 1.54) is 89.9 Å². The number of aliphatic hydroxyl groups is 1. The van der Waals surface area contributed by atoms with E-state index in [-0.39, 0.29) is 19.1 Å². The molecule has 0 saturated carbocycles. The van der Waals surface area contributed by atoms with Crippen LogP contribution in [0.25, 0.3) is 0 Å². The topological polar surface area (TPSA) is 105 Å². The van der Waals surface area contributed by atoms with Crippen molar-refractivity contribution in [3.63, 3.8) is 0 Å². The number of unbranched alkanes of at least 4 members (excludes halogenated alkanes) is 18. The summed E-state index contributed by atoms with van der Waals surface area (Å²) in [5.41, 5.74) is 0. The lowest BCUT2D eigenvalue weighted by molar-refractivity contribution is -0.870. The van der Waals surface area contributed by atoms with Crippen LogP contribution in [0.4, 0.5) is 0 Å². The van der Waals surface area contributed by atoms with Crippen molar-refractivity contribution < 1.29 is 32.9 Å². The second-order valence-electron chi connectivity index (χ2n) is 20.2. The molecule has 0 radical (unpaired) electrons. The number of hydrogen-bond acceptors (Lipinski definition) is 5. The highest BCUT2D eigenvalue weighted by Crippen LogP contribution is 2.43. The number of quaternary nitrogens is 1. The number of aliphatic hydroxyl groups excluding tert-OH is 1. The van der Waals surface area contributed by atoms with Crippen LogP contribution in [0, 0.1) is 0 Å². The average Bonchev–Trinajstić information content (AvgIpc) is 3.35. The molecule has 3 unspecified atom stereocenters. The van der Waals surface area contributed by atoms with Gasteiger partial charge in [0.1, 0.15) is 13.2 Å². The first-order chi connectivity index (χ1) is 35.5. The van der Waals surface area contributed by atoms with Crippen molar-refractivity contribution in [2.75, 3.05) is 40.9 Å². The molecule has 0 rings (SSSR count). The zero-order valence-corrected chi connectivity index (χ0v) is 48.2. The summed E-state index contributed by atoms with van der Waals surface area (Å²) < 4.78 is 23.6.